The molecule has 1 atom stereocenters. The van der Waals surface area contributed by atoms with Crippen LogP contribution in [0.4, 0.5) is 5.69 Å². The van der Waals surface area contributed by atoms with E-state index in [1.165, 1.54) is 5.69 Å². The Labute approximate surface area is 137 Å². The van der Waals surface area contributed by atoms with Crippen LogP contribution in [0.5, 0.6) is 0 Å². The number of amides is 1. The van der Waals surface area contributed by atoms with Gasteiger partial charge in [-0.2, -0.15) is 0 Å². The first-order chi connectivity index (χ1) is 11.2. The molecule has 2 aromatic rings. The Morgan fingerprint density at radius 2 is 1.57 bits per heavy atom. The summed E-state index contributed by atoms with van der Waals surface area (Å²) in [6.45, 7) is 1.91. The fourth-order valence-corrected chi connectivity index (χ4v) is 3.02. The summed E-state index contributed by atoms with van der Waals surface area (Å²) >= 11 is 0. The molecule has 1 heterocycles. The zero-order chi connectivity index (χ0) is 16.1. The maximum absolute atomic E-state index is 12.3. The summed E-state index contributed by atoms with van der Waals surface area (Å²) in [7, 11) is 0. The normalized spacial score (nSPS) is 16.8. The highest BCUT2D eigenvalue weighted by Crippen LogP contribution is 2.20. The van der Waals surface area contributed by atoms with E-state index >= 15 is 0 Å². The van der Waals surface area contributed by atoms with Gasteiger partial charge >= 0.3 is 0 Å². The van der Waals surface area contributed by atoms with Gasteiger partial charge < -0.3 is 16.0 Å². The van der Waals surface area contributed by atoms with Crippen LogP contribution >= 0.6 is 0 Å². The predicted octanol–water partition coefficient (Wildman–Crippen LogP) is 2.47. The lowest BCUT2D eigenvalue weighted by Crippen LogP contribution is -2.47. The largest absolute Gasteiger partial charge is 0.371 e. The van der Waals surface area contributed by atoms with E-state index in [1.807, 2.05) is 36.4 Å². The molecule has 3 rings (SSSR count). The molecule has 4 heteroatoms. The highest BCUT2D eigenvalue weighted by atomic mass is 16.2. The van der Waals surface area contributed by atoms with Crippen molar-refractivity contribution < 1.29 is 4.79 Å². The lowest BCUT2D eigenvalue weighted by molar-refractivity contribution is -0.123. The second kappa shape index (κ2) is 7.29. The van der Waals surface area contributed by atoms with Crippen LogP contribution in [0.25, 0.3) is 0 Å². The number of nitrogens with zero attached hydrogens (tertiary/aromatic N) is 1. The molecule has 0 aromatic heterocycles. The lowest BCUT2D eigenvalue weighted by Gasteiger charge is -2.34. The van der Waals surface area contributed by atoms with Crippen LogP contribution in [0.15, 0.2) is 60.7 Å². The number of hydrogen-bond donors (Lipinski definition) is 2. The van der Waals surface area contributed by atoms with Gasteiger partial charge in [0.2, 0.25) is 5.91 Å². The minimum atomic E-state index is -0.594. The van der Waals surface area contributed by atoms with Crippen LogP contribution in [0.1, 0.15) is 24.4 Å². The van der Waals surface area contributed by atoms with Gasteiger partial charge in [0.25, 0.3) is 0 Å². The summed E-state index contributed by atoms with van der Waals surface area (Å²) in [6, 6.07) is 19.5. The summed E-state index contributed by atoms with van der Waals surface area (Å²) in [5.41, 5.74) is 8.15. The maximum atomic E-state index is 12.3. The van der Waals surface area contributed by atoms with E-state index in [9.17, 15) is 4.79 Å². The Balaban J connectivity index is 1.52. The van der Waals surface area contributed by atoms with E-state index in [0.29, 0.717) is 0 Å². The van der Waals surface area contributed by atoms with Crippen LogP contribution in [-0.4, -0.2) is 25.0 Å². The van der Waals surface area contributed by atoms with E-state index in [4.69, 9.17) is 5.73 Å². The number of nitrogens with two attached hydrogens (primary N) is 1. The third kappa shape index (κ3) is 3.90. The van der Waals surface area contributed by atoms with Crippen molar-refractivity contribution in [3.05, 3.63) is 66.2 Å². The monoisotopic (exact) mass is 309 g/mol. The lowest BCUT2D eigenvalue weighted by atomic mass is 10.0. The molecule has 0 spiro atoms. The molecule has 1 saturated heterocycles. The van der Waals surface area contributed by atoms with Gasteiger partial charge in [-0.05, 0) is 30.5 Å². The van der Waals surface area contributed by atoms with E-state index in [2.05, 4.69) is 34.5 Å². The SMILES string of the molecule is NC(C(=O)NC1CCN(c2ccccc2)CC1)c1ccccc1. The van der Waals surface area contributed by atoms with Crippen molar-refractivity contribution in [1.29, 1.82) is 0 Å². The fourth-order valence-electron chi connectivity index (χ4n) is 3.02. The molecule has 1 unspecified atom stereocenters. The second-order valence-corrected chi connectivity index (χ2v) is 5.99. The molecule has 2 aromatic carbocycles. The average molecular weight is 309 g/mol. The Morgan fingerprint density at radius 1 is 1.00 bits per heavy atom. The number of anilines is 1. The summed E-state index contributed by atoms with van der Waals surface area (Å²) in [4.78, 5) is 14.7. The standard InChI is InChI=1S/C19H23N3O/c20-18(15-7-3-1-4-8-15)19(23)21-16-11-13-22(14-12-16)17-9-5-2-6-10-17/h1-10,16,18H,11-14,20H2,(H,21,23). The number of hydrogen-bond acceptors (Lipinski definition) is 3. The predicted molar refractivity (Wildman–Crippen MR) is 93.2 cm³/mol. The minimum absolute atomic E-state index is 0.0886. The zero-order valence-electron chi connectivity index (χ0n) is 13.2. The van der Waals surface area contributed by atoms with Gasteiger partial charge in [0.1, 0.15) is 6.04 Å². The molecule has 1 fully saturated rings. The van der Waals surface area contributed by atoms with Crippen molar-refractivity contribution in [2.24, 2.45) is 5.73 Å². The molecule has 120 valence electrons. The van der Waals surface area contributed by atoms with Crippen molar-refractivity contribution in [3.63, 3.8) is 0 Å². The number of rotatable bonds is 4. The Morgan fingerprint density at radius 3 is 2.17 bits per heavy atom. The first-order valence-electron chi connectivity index (χ1n) is 8.15. The van der Waals surface area contributed by atoms with Gasteiger partial charge in [0, 0.05) is 24.8 Å². The molecule has 1 aliphatic heterocycles. The Kier molecular flexibility index (Phi) is 4.93. The van der Waals surface area contributed by atoms with Crippen LogP contribution in [0.3, 0.4) is 0 Å². The van der Waals surface area contributed by atoms with Crippen molar-refractivity contribution in [3.8, 4) is 0 Å². The fraction of sp³-hybridized carbons (Fsp3) is 0.316. The van der Waals surface area contributed by atoms with E-state index in [0.717, 1.165) is 31.5 Å². The van der Waals surface area contributed by atoms with E-state index < -0.39 is 6.04 Å². The average Bonchev–Trinajstić information content (AvgIpc) is 2.63. The van der Waals surface area contributed by atoms with Crippen LogP contribution in [0, 0.1) is 0 Å². The second-order valence-electron chi connectivity index (χ2n) is 5.99. The first kappa shape index (κ1) is 15.6. The molecule has 4 nitrogen and oxygen atoms in total. The quantitative estimate of drug-likeness (QED) is 0.912. The highest BCUT2D eigenvalue weighted by molar-refractivity contribution is 5.83. The number of carbonyl (C=O) groups is 1. The van der Waals surface area contributed by atoms with Gasteiger partial charge in [-0.3, -0.25) is 4.79 Å². The van der Waals surface area contributed by atoms with E-state index in [1.54, 1.807) is 0 Å². The smallest absolute Gasteiger partial charge is 0.241 e. The molecule has 1 aliphatic rings. The van der Waals surface area contributed by atoms with Gasteiger partial charge in [-0.1, -0.05) is 48.5 Å². The number of piperidine rings is 1. The zero-order valence-corrected chi connectivity index (χ0v) is 13.2. The molecular weight excluding hydrogens is 286 g/mol. The number of nitrogens with one attached hydrogen (secondary N) is 1. The molecule has 0 aliphatic carbocycles. The first-order valence-corrected chi connectivity index (χ1v) is 8.15. The molecule has 0 bridgehead atoms. The molecule has 3 N–H and O–H groups in total. The Hall–Kier alpha value is -2.33. The molecule has 0 radical (unpaired) electrons. The van der Waals surface area contributed by atoms with Gasteiger partial charge in [-0.15, -0.1) is 0 Å². The third-order valence-corrected chi connectivity index (χ3v) is 4.40. The number of para-hydroxylation sites is 1. The Bertz CT molecular complexity index is 622. The van der Waals surface area contributed by atoms with Crippen LogP contribution in [0.2, 0.25) is 0 Å². The number of benzene rings is 2. The van der Waals surface area contributed by atoms with Gasteiger partial charge in [-0.25, -0.2) is 0 Å². The van der Waals surface area contributed by atoms with Crippen molar-refractivity contribution in [1.82, 2.24) is 5.32 Å². The van der Waals surface area contributed by atoms with E-state index in [-0.39, 0.29) is 11.9 Å². The van der Waals surface area contributed by atoms with Gasteiger partial charge in [0.15, 0.2) is 0 Å². The molecular formula is C19H23N3O. The number of carbonyl (C=O) groups excluding carboxylic acids is 1. The summed E-state index contributed by atoms with van der Waals surface area (Å²) < 4.78 is 0. The molecule has 0 saturated carbocycles. The summed E-state index contributed by atoms with van der Waals surface area (Å²) in [5.74, 6) is -0.0886. The third-order valence-electron chi connectivity index (χ3n) is 4.40. The molecule has 1 amide bonds. The van der Waals surface area contributed by atoms with Crippen molar-refractivity contribution in [2.45, 2.75) is 24.9 Å². The highest BCUT2D eigenvalue weighted by Gasteiger charge is 2.23. The van der Waals surface area contributed by atoms with Crippen molar-refractivity contribution in [2.75, 3.05) is 18.0 Å². The van der Waals surface area contributed by atoms with Gasteiger partial charge in [0.05, 0.1) is 0 Å². The van der Waals surface area contributed by atoms with Crippen LogP contribution in [-0.2, 0) is 4.79 Å². The van der Waals surface area contributed by atoms with Crippen molar-refractivity contribution >= 4 is 11.6 Å². The molecule has 23 heavy (non-hydrogen) atoms. The maximum Gasteiger partial charge on any atom is 0.241 e. The summed E-state index contributed by atoms with van der Waals surface area (Å²) in [6.07, 6.45) is 1.89. The summed E-state index contributed by atoms with van der Waals surface area (Å²) in [5, 5.41) is 3.10. The topological polar surface area (TPSA) is 58.4 Å². The van der Waals surface area contributed by atoms with Crippen LogP contribution < -0.4 is 16.0 Å². The minimum Gasteiger partial charge on any atom is -0.371 e.